The number of ether oxygens (including phenoxy) is 2. The van der Waals surface area contributed by atoms with E-state index in [0.717, 1.165) is 43.4 Å². The van der Waals surface area contributed by atoms with Crippen molar-refractivity contribution in [3.05, 3.63) is 121 Å². The number of nitrogens with one attached hydrogen (secondary N) is 3. The van der Waals surface area contributed by atoms with Crippen LogP contribution in [0.25, 0.3) is 11.4 Å². The zero-order valence-corrected chi connectivity index (χ0v) is 40.9. The van der Waals surface area contributed by atoms with Gasteiger partial charge in [0, 0.05) is 50.0 Å². The van der Waals surface area contributed by atoms with Crippen LogP contribution in [-0.4, -0.2) is 98.2 Å². The summed E-state index contributed by atoms with van der Waals surface area (Å²) in [7, 11) is 3.03. The Morgan fingerprint density at radius 3 is 2.20 bits per heavy atom. The number of rotatable bonds is 19. The Balaban J connectivity index is 0.810. The fourth-order valence-electron chi connectivity index (χ4n) is 9.09. The lowest BCUT2D eigenvalue weighted by molar-refractivity contribution is -0.136. The van der Waals surface area contributed by atoms with Crippen LogP contribution in [0.4, 0.5) is 5.69 Å². The van der Waals surface area contributed by atoms with E-state index in [4.69, 9.17) is 37.7 Å². The van der Waals surface area contributed by atoms with E-state index in [-0.39, 0.29) is 82.0 Å². The first kappa shape index (κ1) is 50.0. The van der Waals surface area contributed by atoms with Crippen LogP contribution >= 0.6 is 23.2 Å². The number of piperidine rings is 1. The van der Waals surface area contributed by atoms with Crippen LogP contribution in [0.5, 0.6) is 11.6 Å². The zero-order chi connectivity index (χ0) is 50.7. The molecule has 1 fully saturated rings. The van der Waals surface area contributed by atoms with Gasteiger partial charge in [-0.3, -0.25) is 53.5 Å². The number of aryl methyl sites for hydroxylation is 1. The molecule has 7 amide bonds. The maximum Gasteiger partial charge on any atom is 0.279 e. The number of hydrogen-bond acceptors (Lipinski definition) is 12. The molecule has 8 rings (SSSR count). The largest absolute Gasteiger partial charge is 0.484 e. The molecule has 0 spiro atoms. The van der Waals surface area contributed by atoms with Gasteiger partial charge in [-0.1, -0.05) is 61.0 Å². The van der Waals surface area contributed by atoms with Crippen LogP contribution in [0.2, 0.25) is 10.0 Å². The van der Waals surface area contributed by atoms with Crippen LogP contribution < -0.4 is 35.9 Å². The molecule has 3 aliphatic heterocycles. The lowest BCUT2D eigenvalue weighted by Gasteiger charge is -2.28. The molecule has 3 N–H and O–H groups in total. The number of nitrogens with zero attached hydrogens (tertiary/aromatic N) is 6. The molecule has 3 aliphatic rings. The quantitative estimate of drug-likeness (QED) is 0.0643. The molecule has 6 heterocycles. The number of amides is 7. The van der Waals surface area contributed by atoms with Gasteiger partial charge >= 0.3 is 0 Å². The van der Waals surface area contributed by atoms with Gasteiger partial charge in [-0.15, -0.1) is 0 Å². The van der Waals surface area contributed by atoms with Crippen molar-refractivity contribution in [2.75, 3.05) is 31.7 Å². The molecule has 1 unspecified atom stereocenters. The Labute approximate surface area is 417 Å². The number of carbonyl (C=O) groups is 7. The van der Waals surface area contributed by atoms with E-state index < -0.39 is 47.2 Å². The van der Waals surface area contributed by atoms with Crippen molar-refractivity contribution in [1.29, 1.82) is 0 Å². The number of hydrogen-bond donors (Lipinski definition) is 3. The van der Waals surface area contributed by atoms with Gasteiger partial charge < -0.3 is 29.2 Å². The molecule has 0 radical (unpaired) electrons. The maximum atomic E-state index is 14.5. The van der Waals surface area contributed by atoms with E-state index in [0.29, 0.717) is 40.8 Å². The van der Waals surface area contributed by atoms with E-state index in [1.54, 1.807) is 37.4 Å². The first-order valence-corrected chi connectivity index (χ1v) is 24.0. The summed E-state index contributed by atoms with van der Waals surface area (Å²) in [6.45, 7) is 4.45. The van der Waals surface area contributed by atoms with E-state index in [9.17, 15) is 38.4 Å². The Bertz CT molecular complexity index is 3020. The van der Waals surface area contributed by atoms with Gasteiger partial charge in [-0.2, -0.15) is 0 Å². The fourth-order valence-corrected chi connectivity index (χ4v) is 9.46. The summed E-state index contributed by atoms with van der Waals surface area (Å²) >= 11 is 12.7. The smallest absolute Gasteiger partial charge is 0.279 e. The van der Waals surface area contributed by atoms with Crippen molar-refractivity contribution in [2.24, 2.45) is 7.05 Å². The third-order valence-electron chi connectivity index (χ3n) is 12.5. The zero-order valence-electron chi connectivity index (χ0n) is 39.4. The third-order valence-corrected chi connectivity index (χ3v) is 13.0. The van der Waals surface area contributed by atoms with Crippen molar-refractivity contribution in [1.82, 2.24) is 40.0 Å². The van der Waals surface area contributed by atoms with E-state index >= 15 is 0 Å². The number of imide groups is 2. The first-order valence-electron chi connectivity index (χ1n) is 23.2. The fraction of sp³-hybridized carbons (Fsp3) is 0.360. The highest BCUT2D eigenvalue weighted by Gasteiger charge is 2.47. The SMILES string of the molecule is COc1ncc(C(=O)NCCCCCCCCNC(=O)COc2ccc3c(c2)C(=O)N(C2CCC(=O)NC2=O)C3=O)cc1-c1nc2c(n1C(C)C)[C@H](c1ccc(Cl)cc1)N(c1cc(Cl)cn(C)c1=O)C2=O. The predicted octanol–water partition coefficient (Wildman–Crippen LogP) is 5.96. The number of methoxy groups -OCH3 is 1. The highest BCUT2D eigenvalue weighted by atomic mass is 35.5. The molecule has 0 saturated carbocycles. The van der Waals surface area contributed by atoms with Crippen LogP contribution in [0.1, 0.15) is 130 Å². The number of halogens is 2. The molecule has 1 saturated heterocycles. The molecule has 0 bridgehead atoms. The van der Waals surface area contributed by atoms with Crippen LogP contribution in [0.15, 0.2) is 71.8 Å². The minimum Gasteiger partial charge on any atom is -0.484 e. The Kier molecular flexibility index (Phi) is 15.0. The number of benzene rings is 2. The number of imidazole rings is 1. The van der Waals surface area contributed by atoms with Gasteiger partial charge in [0.1, 0.15) is 29.3 Å². The minimum absolute atomic E-state index is 0.0161. The molecule has 2 atom stereocenters. The number of anilines is 1. The molecular weight excluding hydrogens is 958 g/mol. The van der Waals surface area contributed by atoms with Gasteiger partial charge in [0.15, 0.2) is 12.3 Å². The molecule has 5 aromatic rings. The van der Waals surface area contributed by atoms with E-state index in [1.807, 2.05) is 18.4 Å². The molecule has 71 heavy (non-hydrogen) atoms. The van der Waals surface area contributed by atoms with Gasteiger partial charge in [0.05, 0.1) is 40.1 Å². The monoisotopic (exact) mass is 1010 g/mol. The summed E-state index contributed by atoms with van der Waals surface area (Å²) < 4.78 is 14.5. The van der Waals surface area contributed by atoms with Crippen LogP contribution in [0, 0.1) is 0 Å². The van der Waals surface area contributed by atoms with Crippen LogP contribution in [-0.2, 0) is 21.4 Å². The van der Waals surface area contributed by atoms with Crippen molar-refractivity contribution < 1.29 is 43.0 Å². The van der Waals surface area contributed by atoms with Crippen molar-refractivity contribution in [2.45, 2.75) is 83.3 Å². The highest BCUT2D eigenvalue weighted by molar-refractivity contribution is 6.31. The van der Waals surface area contributed by atoms with Crippen LogP contribution in [0.3, 0.4) is 0 Å². The molecule has 21 heteroatoms. The molecule has 2 aromatic carbocycles. The van der Waals surface area contributed by atoms with Gasteiger partial charge in [0.2, 0.25) is 17.7 Å². The summed E-state index contributed by atoms with van der Waals surface area (Å²) in [4.78, 5) is 116. The summed E-state index contributed by atoms with van der Waals surface area (Å²) in [5.41, 5.74) is 1.86. The summed E-state index contributed by atoms with van der Waals surface area (Å²) in [6.07, 6.45) is 8.02. The van der Waals surface area contributed by atoms with Crippen molar-refractivity contribution in [3.8, 4) is 23.0 Å². The van der Waals surface area contributed by atoms with E-state index in [2.05, 4.69) is 20.9 Å². The summed E-state index contributed by atoms with van der Waals surface area (Å²) in [5, 5.41) is 8.72. The van der Waals surface area contributed by atoms with Crippen molar-refractivity contribution >= 4 is 70.2 Å². The average Bonchev–Trinajstić information content (AvgIpc) is 3.95. The van der Waals surface area contributed by atoms with Crippen molar-refractivity contribution in [3.63, 3.8) is 0 Å². The average molecular weight is 1010 g/mol. The Hall–Kier alpha value is -7.38. The first-order chi connectivity index (χ1) is 34.1. The Morgan fingerprint density at radius 2 is 1.51 bits per heavy atom. The van der Waals surface area contributed by atoms with Gasteiger partial charge in [-0.25, -0.2) is 9.97 Å². The Morgan fingerprint density at radius 1 is 0.817 bits per heavy atom. The van der Waals surface area contributed by atoms with Gasteiger partial charge in [-0.05, 0) is 81.1 Å². The second kappa shape index (κ2) is 21.3. The molecule has 3 aromatic heterocycles. The topological polar surface area (TPSA) is 233 Å². The summed E-state index contributed by atoms with van der Waals surface area (Å²) in [6, 6.07) is 12.3. The molecular formula is C50H51Cl2N9O10. The number of fused-ring (bicyclic) bond motifs is 2. The van der Waals surface area contributed by atoms with Gasteiger partial charge in [0.25, 0.3) is 35.1 Å². The number of aromatic nitrogens is 4. The number of unbranched alkanes of at least 4 members (excludes halogenated alkanes) is 5. The molecule has 19 nitrogen and oxygen atoms in total. The molecule has 370 valence electrons. The molecule has 0 aliphatic carbocycles. The lowest BCUT2D eigenvalue weighted by Crippen LogP contribution is -2.54. The maximum absolute atomic E-state index is 14.5. The second-order valence-corrected chi connectivity index (χ2v) is 18.5. The number of pyridine rings is 2. The minimum atomic E-state index is -1.08. The van der Waals surface area contributed by atoms with E-state index in [1.165, 1.54) is 53.2 Å². The lowest BCUT2D eigenvalue weighted by atomic mass is 10.0. The third kappa shape index (κ3) is 10.3. The normalized spacial score (nSPS) is 16.4. The second-order valence-electron chi connectivity index (χ2n) is 17.7. The highest BCUT2D eigenvalue weighted by Crippen LogP contribution is 2.45. The predicted molar refractivity (Wildman–Crippen MR) is 261 cm³/mol. The summed E-state index contributed by atoms with van der Waals surface area (Å²) in [5.74, 6) is -2.87. The standard InChI is InChI=1S/C50H51Cl2N9O10/c1-27(2)59-42-40(50(69)60(37-22-31(52)25-58(3)49(37)68)41(42)28-11-13-30(51)14-12-28)57-43(59)35-21-29(24-55-46(35)70-4)44(64)54-20-10-8-6-5-7-9-19-53-39(63)26-71-32-15-16-33-34(23-32)48(67)61(47(33)66)36-17-18-38(62)56-45(36)65/h11-16,21-25,27,36,41H,5-10,17-20,26H2,1-4H3,(H,53,63)(H,54,64)(H,56,62,65)/t36?,41-/m0/s1. The number of carbonyl (C=O) groups excluding carboxylic acids is 7.